The highest BCUT2D eigenvalue weighted by atomic mass is 79.9. The predicted molar refractivity (Wildman–Crippen MR) is 133 cm³/mol. The Hall–Kier alpha value is -2.85. The molecule has 4 aromatic rings. The van der Waals surface area contributed by atoms with Gasteiger partial charge in [0.1, 0.15) is 5.69 Å². The van der Waals surface area contributed by atoms with Gasteiger partial charge in [0.2, 0.25) is 0 Å². The molecule has 0 unspecified atom stereocenters. The predicted octanol–water partition coefficient (Wildman–Crippen LogP) is 6.70. The van der Waals surface area contributed by atoms with Crippen LogP contribution < -0.4 is 10.6 Å². The molecule has 11 heteroatoms. The first kappa shape index (κ1) is 23.9. The molecular formula is C24H20BrClF3N5O. The Labute approximate surface area is 211 Å². The molecule has 182 valence electrons. The van der Waals surface area contributed by atoms with Crippen LogP contribution in [0.5, 0.6) is 0 Å². The number of carbonyl (C=O) groups is 1. The fourth-order valence-corrected chi connectivity index (χ4v) is 5.21. The average Bonchev–Trinajstić information content (AvgIpc) is 3.29. The maximum Gasteiger partial charge on any atom is 0.433 e. The summed E-state index contributed by atoms with van der Waals surface area (Å²) in [4.78, 5) is 16.6. The van der Waals surface area contributed by atoms with Gasteiger partial charge in [-0.15, -0.1) is 0 Å². The number of aromatic amines is 1. The second-order valence-electron chi connectivity index (χ2n) is 8.67. The van der Waals surface area contributed by atoms with Gasteiger partial charge in [-0.25, -0.2) is 4.98 Å². The van der Waals surface area contributed by atoms with E-state index in [9.17, 15) is 18.0 Å². The number of benzene rings is 2. The number of H-pyrrole nitrogens is 1. The Morgan fingerprint density at radius 3 is 2.54 bits per heavy atom. The van der Waals surface area contributed by atoms with Crippen LogP contribution in [0.25, 0.3) is 21.8 Å². The van der Waals surface area contributed by atoms with Crippen molar-refractivity contribution in [1.82, 2.24) is 20.5 Å². The molecule has 0 spiro atoms. The van der Waals surface area contributed by atoms with E-state index in [0.29, 0.717) is 47.3 Å². The van der Waals surface area contributed by atoms with Gasteiger partial charge in [-0.3, -0.25) is 9.89 Å². The summed E-state index contributed by atoms with van der Waals surface area (Å²) in [6, 6.07) is 9.13. The zero-order chi connectivity index (χ0) is 24.7. The standard InChI is InChI=1S/C24H20BrClF3N5O/c25-18-7-12(8-21-17(18)11-30-34-21)23(35)32-15-4-2-14(3-5-15)31-20-10-22(24(27,28)29)33-19-6-1-13(26)9-16(19)20/h1,6-11,14-15H,2-5H2,(H,30,34)(H,31,33)(H,32,35)/t14-,15+. The van der Waals surface area contributed by atoms with E-state index in [1.165, 1.54) is 12.1 Å². The number of halogens is 5. The quantitative estimate of drug-likeness (QED) is 0.257. The molecule has 0 aliphatic heterocycles. The number of rotatable bonds is 4. The molecule has 3 N–H and O–H groups in total. The number of nitrogens with zero attached hydrogens (tertiary/aromatic N) is 2. The Bertz CT molecular complexity index is 1420. The van der Waals surface area contributed by atoms with Crippen molar-refractivity contribution >= 4 is 60.9 Å². The minimum Gasteiger partial charge on any atom is -0.382 e. The summed E-state index contributed by atoms with van der Waals surface area (Å²) in [7, 11) is 0. The van der Waals surface area contributed by atoms with Gasteiger partial charge in [0.15, 0.2) is 0 Å². The summed E-state index contributed by atoms with van der Waals surface area (Å²) in [5.41, 5.74) is 0.924. The van der Waals surface area contributed by atoms with Crippen molar-refractivity contribution in [3.63, 3.8) is 0 Å². The Balaban J connectivity index is 1.27. The first-order chi connectivity index (χ1) is 16.7. The lowest BCUT2D eigenvalue weighted by atomic mass is 9.90. The van der Waals surface area contributed by atoms with Gasteiger partial charge in [-0.2, -0.15) is 18.3 Å². The van der Waals surface area contributed by atoms with Gasteiger partial charge in [0.25, 0.3) is 5.91 Å². The normalized spacial score (nSPS) is 18.7. The molecule has 1 aliphatic rings. The van der Waals surface area contributed by atoms with Crippen LogP contribution >= 0.6 is 27.5 Å². The van der Waals surface area contributed by atoms with Crippen molar-refractivity contribution in [2.45, 2.75) is 43.9 Å². The second kappa shape index (κ2) is 9.31. The number of nitrogens with one attached hydrogen (secondary N) is 3. The molecule has 2 aromatic carbocycles. The zero-order valence-electron chi connectivity index (χ0n) is 18.2. The third-order valence-corrected chi connectivity index (χ3v) is 7.14. The minimum absolute atomic E-state index is 0.0221. The summed E-state index contributed by atoms with van der Waals surface area (Å²) in [6.07, 6.45) is -0.0765. The van der Waals surface area contributed by atoms with Crippen molar-refractivity contribution in [2.75, 3.05) is 5.32 Å². The third kappa shape index (κ3) is 5.08. The number of hydrogen-bond donors (Lipinski definition) is 3. The third-order valence-electron chi connectivity index (χ3n) is 6.25. The Morgan fingerprint density at radius 1 is 1.06 bits per heavy atom. The lowest BCUT2D eigenvalue weighted by Gasteiger charge is -2.31. The summed E-state index contributed by atoms with van der Waals surface area (Å²) in [6.45, 7) is 0. The number of carbonyl (C=O) groups excluding carboxylic acids is 1. The first-order valence-corrected chi connectivity index (χ1v) is 12.2. The van der Waals surface area contributed by atoms with Crippen LogP contribution in [0.2, 0.25) is 5.02 Å². The number of amides is 1. The monoisotopic (exact) mass is 565 g/mol. The lowest BCUT2D eigenvalue weighted by molar-refractivity contribution is -0.140. The van der Waals surface area contributed by atoms with E-state index in [1.807, 2.05) is 0 Å². The van der Waals surface area contributed by atoms with Crippen LogP contribution in [0.15, 0.2) is 47.1 Å². The summed E-state index contributed by atoms with van der Waals surface area (Å²) in [5, 5.41) is 15.1. The van der Waals surface area contributed by atoms with Gasteiger partial charge < -0.3 is 10.6 Å². The van der Waals surface area contributed by atoms with E-state index in [4.69, 9.17) is 11.6 Å². The molecule has 1 amide bonds. The highest BCUT2D eigenvalue weighted by Crippen LogP contribution is 2.35. The van der Waals surface area contributed by atoms with Crippen LogP contribution in [0.4, 0.5) is 18.9 Å². The number of pyridine rings is 1. The smallest absolute Gasteiger partial charge is 0.382 e. The van der Waals surface area contributed by atoms with Gasteiger partial charge in [0.05, 0.1) is 17.2 Å². The molecular weight excluding hydrogens is 547 g/mol. The maximum atomic E-state index is 13.4. The topological polar surface area (TPSA) is 82.7 Å². The molecule has 1 saturated carbocycles. The number of alkyl halides is 3. The van der Waals surface area contributed by atoms with E-state index in [0.717, 1.165) is 21.4 Å². The van der Waals surface area contributed by atoms with Gasteiger partial charge in [-0.05, 0) is 62.1 Å². The molecule has 0 radical (unpaired) electrons. The number of aromatic nitrogens is 3. The molecule has 2 aromatic heterocycles. The summed E-state index contributed by atoms with van der Waals surface area (Å²) in [5.74, 6) is -0.178. The van der Waals surface area contributed by atoms with Gasteiger partial charge in [0, 0.05) is 43.6 Å². The molecule has 0 atom stereocenters. The number of hydrogen-bond acceptors (Lipinski definition) is 4. The molecule has 5 rings (SSSR count). The largest absolute Gasteiger partial charge is 0.433 e. The molecule has 35 heavy (non-hydrogen) atoms. The SMILES string of the molecule is O=C(N[C@H]1CC[C@@H](Nc2cc(C(F)(F)F)nc3ccc(Cl)cc23)CC1)c1cc(Br)c2cn[nH]c2c1. The van der Waals surface area contributed by atoms with Crippen LogP contribution in [-0.4, -0.2) is 33.2 Å². The maximum absolute atomic E-state index is 13.4. The molecule has 1 fully saturated rings. The highest BCUT2D eigenvalue weighted by molar-refractivity contribution is 9.10. The number of fused-ring (bicyclic) bond motifs is 2. The van der Waals surface area contributed by atoms with E-state index in [-0.39, 0.29) is 23.5 Å². The second-order valence-corrected chi connectivity index (χ2v) is 9.96. The summed E-state index contributed by atoms with van der Waals surface area (Å²) >= 11 is 9.56. The molecule has 6 nitrogen and oxygen atoms in total. The first-order valence-electron chi connectivity index (χ1n) is 11.0. The van der Waals surface area contributed by atoms with Gasteiger partial charge >= 0.3 is 6.18 Å². The molecule has 2 heterocycles. The van der Waals surface area contributed by atoms with Crippen molar-refractivity contribution in [1.29, 1.82) is 0 Å². The van der Waals surface area contributed by atoms with E-state index in [2.05, 4.69) is 41.7 Å². The average molecular weight is 567 g/mol. The summed E-state index contributed by atoms with van der Waals surface area (Å²) < 4.78 is 41.0. The zero-order valence-corrected chi connectivity index (χ0v) is 20.6. The minimum atomic E-state index is -4.56. The van der Waals surface area contributed by atoms with E-state index >= 15 is 0 Å². The molecule has 1 aliphatic carbocycles. The number of anilines is 1. The fraction of sp³-hybridized carbons (Fsp3) is 0.292. The molecule has 0 bridgehead atoms. The van der Waals surface area contributed by atoms with Crippen LogP contribution in [0.3, 0.4) is 0 Å². The van der Waals surface area contributed by atoms with Crippen LogP contribution in [0, 0.1) is 0 Å². The highest BCUT2D eigenvalue weighted by Gasteiger charge is 2.34. The Kier molecular flexibility index (Phi) is 6.35. The van der Waals surface area contributed by atoms with Crippen molar-refractivity contribution in [3.8, 4) is 0 Å². The van der Waals surface area contributed by atoms with Crippen molar-refractivity contribution in [3.05, 3.63) is 63.3 Å². The van der Waals surface area contributed by atoms with Crippen LogP contribution in [-0.2, 0) is 6.18 Å². The van der Waals surface area contributed by atoms with E-state index < -0.39 is 11.9 Å². The fourth-order valence-electron chi connectivity index (χ4n) is 4.47. The van der Waals surface area contributed by atoms with Crippen molar-refractivity contribution in [2.24, 2.45) is 0 Å². The van der Waals surface area contributed by atoms with Crippen LogP contribution in [0.1, 0.15) is 41.7 Å². The van der Waals surface area contributed by atoms with E-state index in [1.54, 1.807) is 24.4 Å². The van der Waals surface area contributed by atoms with Crippen molar-refractivity contribution < 1.29 is 18.0 Å². The Morgan fingerprint density at radius 2 is 1.80 bits per heavy atom. The van der Waals surface area contributed by atoms with Gasteiger partial charge in [-0.1, -0.05) is 27.5 Å². The lowest BCUT2D eigenvalue weighted by Crippen LogP contribution is -2.40. The molecule has 0 saturated heterocycles.